The molecular weight excluding hydrogens is 304 g/mol. The van der Waals surface area contributed by atoms with Gasteiger partial charge in [-0.3, -0.25) is 0 Å². The van der Waals surface area contributed by atoms with Crippen LogP contribution < -0.4 is 4.74 Å². The molecule has 0 saturated carbocycles. The summed E-state index contributed by atoms with van der Waals surface area (Å²) < 4.78 is 35.6. The second-order valence-electron chi connectivity index (χ2n) is 5.05. The highest BCUT2D eigenvalue weighted by Crippen LogP contribution is 2.35. The Morgan fingerprint density at radius 1 is 1.27 bits per heavy atom. The van der Waals surface area contributed by atoms with Gasteiger partial charge in [0.05, 0.1) is 25.7 Å². The monoisotopic (exact) mass is 320 g/mol. The van der Waals surface area contributed by atoms with Gasteiger partial charge in [0.25, 0.3) is 0 Å². The van der Waals surface area contributed by atoms with Gasteiger partial charge < -0.3 is 9.15 Å². The Bertz CT molecular complexity index is 779. The summed E-state index contributed by atoms with van der Waals surface area (Å²) in [6.07, 6.45) is 3.16. The molecule has 2 aromatic rings. The van der Waals surface area contributed by atoms with E-state index in [0.29, 0.717) is 17.9 Å². The Morgan fingerprint density at radius 3 is 2.55 bits per heavy atom. The molecule has 3 rings (SSSR count). The minimum Gasteiger partial charge on any atom is -0.497 e. The number of sulfonamides is 1. The summed E-state index contributed by atoms with van der Waals surface area (Å²) in [5, 5.41) is 4.24. The molecule has 0 N–H and O–H groups in total. The highest BCUT2D eigenvalue weighted by atomic mass is 32.2. The summed E-state index contributed by atoms with van der Waals surface area (Å²) in [5.41, 5.74) is 1.48. The highest BCUT2D eigenvalue weighted by molar-refractivity contribution is 7.88. The van der Waals surface area contributed by atoms with Crippen LogP contribution in [0.4, 0.5) is 0 Å². The third-order valence-electron chi connectivity index (χ3n) is 3.52. The van der Waals surface area contributed by atoms with E-state index in [0.717, 1.165) is 22.0 Å². The zero-order chi connectivity index (χ0) is 15.7. The second kappa shape index (κ2) is 5.49. The number of hydrazone groups is 1. The first-order valence-electron chi connectivity index (χ1n) is 6.74. The lowest BCUT2D eigenvalue weighted by atomic mass is 10.0. The van der Waals surface area contributed by atoms with E-state index < -0.39 is 10.0 Å². The van der Waals surface area contributed by atoms with Crippen molar-refractivity contribution in [1.82, 2.24) is 4.41 Å². The topological polar surface area (TPSA) is 72.1 Å². The molecule has 0 fully saturated rings. The minimum absolute atomic E-state index is 0.374. The molecule has 0 bridgehead atoms. The number of rotatable bonds is 4. The van der Waals surface area contributed by atoms with Crippen molar-refractivity contribution in [2.75, 3.05) is 13.4 Å². The molecule has 1 aromatic heterocycles. The largest absolute Gasteiger partial charge is 0.497 e. The van der Waals surface area contributed by atoms with E-state index in [2.05, 4.69) is 5.10 Å². The van der Waals surface area contributed by atoms with E-state index in [9.17, 15) is 8.42 Å². The zero-order valence-electron chi connectivity index (χ0n) is 12.3. The predicted molar refractivity (Wildman–Crippen MR) is 82.3 cm³/mol. The highest BCUT2D eigenvalue weighted by Gasteiger charge is 2.35. The van der Waals surface area contributed by atoms with Gasteiger partial charge in [-0.15, -0.1) is 0 Å². The Morgan fingerprint density at radius 2 is 2.00 bits per heavy atom. The van der Waals surface area contributed by atoms with Crippen molar-refractivity contribution in [1.29, 1.82) is 0 Å². The third-order valence-corrected chi connectivity index (χ3v) is 4.53. The van der Waals surface area contributed by atoms with Crippen molar-refractivity contribution in [2.45, 2.75) is 12.5 Å². The van der Waals surface area contributed by atoms with Crippen molar-refractivity contribution in [3.8, 4) is 5.75 Å². The number of ether oxygens (including phenoxy) is 1. The molecule has 6 nitrogen and oxygen atoms in total. The molecular formula is C15H16N2O4S. The average molecular weight is 320 g/mol. The number of benzene rings is 1. The van der Waals surface area contributed by atoms with Crippen LogP contribution in [0.25, 0.3) is 0 Å². The van der Waals surface area contributed by atoms with Crippen LogP contribution >= 0.6 is 0 Å². The van der Waals surface area contributed by atoms with Crippen molar-refractivity contribution < 1.29 is 17.6 Å². The second-order valence-corrected chi connectivity index (χ2v) is 6.89. The van der Waals surface area contributed by atoms with Gasteiger partial charge in [-0.05, 0) is 29.8 Å². The molecule has 0 saturated heterocycles. The first-order valence-corrected chi connectivity index (χ1v) is 8.58. The summed E-state index contributed by atoms with van der Waals surface area (Å²) in [7, 11) is -1.88. The van der Waals surface area contributed by atoms with Crippen LogP contribution in [0.3, 0.4) is 0 Å². The van der Waals surface area contributed by atoms with Crippen molar-refractivity contribution >= 4 is 15.7 Å². The molecule has 116 valence electrons. The van der Waals surface area contributed by atoms with Crippen LogP contribution in [0.2, 0.25) is 0 Å². The maximum atomic E-state index is 12.0. The molecule has 1 aliphatic heterocycles. The lowest BCUT2D eigenvalue weighted by Crippen LogP contribution is -2.25. The van der Waals surface area contributed by atoms with Gasteiger partial charge in [-0.2, -0.15) is 9.52 Å². The molecule has 2 heterocycles. The Balaban J connectivity index is 1.96. The van der Waals surface area contributed by atoms with E-state index in [4.69, 9.17) is 9.15 Å². The van der Waals surface area contributed by atoms with Gasteiger partial charge in [-0.25, -0.2) is 8.42 Å². The average Bonchev–Trinajstić information content (AvgIpc) is 3.15. The smallest absolute Gasteiger partial charge is 0.247 e. The maximum absolute atomic E-state index is 12.0. The molecule has 22 heavy (non-hydrogen) atoms. The first kappa shape index (κ1) is 14.6. The number of nitrogens with zero attached hydrogens (tertiary/aromatic N) is 2. The summed E-state index contributed by atoms with van der Waals surface area (Å²) in [4.78, 5) is 0. The van der Waals surface area contributed by atoms with Gasteiger partial charge in [0, 0.05) is 6.42 Å². The SMILES string of the molecule is COc1ccc([C@@H]2CC(c3ccco3)=NN2S(C)(=O)=O)cc1. The number of furan rings is 1. The molecule has 1 atom stereocenters. The fourth-order valence-electron chi connectivity index (χ4n) is 2.46. The fourth-order valence-corrected chi connectivity index (χ4v) is 3.37. The molecule has 0 unspecified atom stereocenters. The normalized spacial score (nSPS) is 18.4. The van der Waals surface area contributed by atoms with Gasteiger partial charge >= 0.3 is 0 Å². The lowest BCUT2D eigenvalue weighted by Gasteiger charge is -2.21. The van der Waals surface area contributed by atoms with Gasteiger partial charge in [0.2, 0.25) is 10.0 Å². The van der Waals surface area contributed by atoms with Crippen LogP contribution in [0, 0.1) is 0 Å². The van der Waals surface area contributed by atoms with E-state index in [1.54, 1.807) is 37.6 Å². The summed E-state index contributed by atoms with van der Waals surface area (Å²) in [5.74, 6) is 1.31. The predicted octanol–water partition coefficient (Wildman–Crippen LogP) is 2.40. The van der Waals surface area contributed by atoms with Gasteiger partial charge in [0.15, 0.2) is 0 Å². The van der Waals surface area contributed by atoms with Crippen LogP contribution in [-0.4, -0.2) is 31.9 Å². The molecule has 7 heteroatoms. The summed E-state index contributed by atoms with van der Waals surface area (Å²) in [6.45, 7) is 0. The standard InChI is InChI=1S/C15H16N2O4S/c1-20-12-7-5-11(6-8-12)14-10-13(15-4-3-9-21-15)16-17(14)22(2,18)19/h3-9,14H,10H2,1-2H3/t14-/m0/s1. The van der Waals surface area contributed by atoms with Gasteiger partial charge in [-0.1, -0.05) is 12.1 Å². The van der Waals surface area contributed by atoms with Crippen LogP contribution in [0.15, 0.2) is 52.2 Å². The number of methoxy groups -OCH3 is 1. The number of hydrogen-bond donors (Lipinski definition) is 0. The summed E-state index contributed by atoms with van der Waals surface area (Å²) >= 11 is 0. The maximum Gasteiger partial charge on any atom is 0.247 e. The number of hydrogen-bond acceptors (Lipinski definition) is 5. The molecule has 0 amide bonds. The molecule has 0 radical (unpaired) electrons. The van der Waals surface area contributed by atoms with E-state index in [1.165, 1.54) is 0 Å². The van der Waals surface area contributed by atoms with E-state index >= 15 is 0 Å². The van der Waals surface area contributed by atoms with Crippen LogP contribution in [-0.2, 0) is 10.0 Å². The van der Waals surface area contributed by atoms with E-state index in [-0.39, 0.29) is 6.04 Å². The Labute approximate surface area is 129 Å². The van der Waals surface area contributed by atoms with Crippen LogP contribution in [0.1, 0.15) is 23.8 Å². The first-order chi connectivity index (χ1) is 10.5. The third kappa shape index (κ3) is 2.71. The Hall–Kier alpha value is -2.28. The van der Waals surface area contributed by atoms with Crippen molar-refractivity contribution in [3.63, 3.8) is 0 Å². The van der Waals surface area contributed by atoms with Gasteiger partial charge in [0.1, 0.15) is 17.2 Å². The molecule has 1 aliphatic rings. The molecule has 0 aliphatic carbocycles. The van der Waals surface area contributed by atoms with Crippen LogP contribution in [0.5, 0.6) is 5.75 Å². The fraction of sp³-hybridized carbons (Fsp3) is 0.267. The van der Waals surface area contributed by atoms with Crippen molar-refractivity contribution in [2.24, 2.45) is 5.10 Å². The zero-order valence-corrected chi connectivity index (χ0v) is 13.1. The molecule has 1 aromatic carbocycles. The summed E-state index contributed by atoms with van der Waals surface area (Å²) in [6, 6.07) is 10.5. The Kier molecular flexibility index (Phi) is 3.66. The van der Waals surface area contributed by atoms with E-state index in [1.807, 2.05) is 12.1 Å². The molecule has 0 spiro atoms. The van der Waals surface area contributed by atoms with Crippen molar-refractivity contribution in [3.05, 3.63) is 54.0 Å². The lowest BCUT2D eigenvalue weighted by molar-refractivity contribution is 0.374. The minimum atomic E-state index is -3.47. The quantitative estimate of drug-likeness (QED) is 0.867.